The summed E-state index contributed by atoms with van der Waals surface area (Å²) in [6, 6.07) is 30.1. The van der Waals surface area contributed by atoms with Crippen molar-refractivity contribution in [3.05, 3.63) is 102 Å². The lowest BCUT2D eigenvalue weighted by Crippen LogP contribution is -1.93. The van der Waals surface area contributed by atoms with E-state index in [4.69, 9.17) is 4.74 Å². The maximum Gasteiger partial charge on any atom is 0.131 e. The molecule has 0 fully saturated rings. The molecule has 0 unspecified atom stereocenters. The number of ether oxygens (including phenoxy) is 1. The topological polar surface area (TPSA) is 35.0 Å². The van der Waals surface area contributed by atoms with Gasteiger partial charge in [0.1, 0.15) is 22.6 Å². The summed E-state index contributed by atoms with van der Waals surface area (Å²) in [5.41, 5.74) is 8.13. The minimum absolute atomic E-state index is 0.287. The van der Waals surface area contributed by atoms with Gasteiger partial charge in [-0.1, -0.05) is 74.5 Å². The Morgan fingerprint density at radius 1 is 0.692 bits per heavy atom. The van der Waals surface area contributed by atoms with Gasteiger partial charge in [0.25, 0.3) is 0 Å². The lowest BCUT2D eigenvalue weighted by atomic mass is 9.97. The standard InChI is InChI=1S/C33H27FN2OS2/c1-20(2)18-21-4-6-23(7-5-21)30-16-17-31(38-30)28-15-14-27(32-33(28)36-39-35-32)26-13-10-24(19-29(26)34)22-8-11-25(37-3)12-9-22/h4-17,19-20H,18H2,1-3H3. The molecule has 4 aromatic carbocycles. The van der Waals surface area contributed by atoms with E-state index in [1.54, 1.807) is 24.5 Å². The largest absolute Gasteiger partial charge is 0.497 e. The average Bonchev–Trinajstić information content (AvgIpc) is 3.64. The number of fused-ring (bicyclic) bond motifs is 1. The SMILES string of the molecule is COc1ccc(-c2ccc(-c3ccc(-c4ccc(-c5ccc(CC(C)C)cc5)s4)c4nsnc34)c(F)c2)cc1. The van der Waals surface area contributed by atoms with Crippen LogP contribution in [0.2, 0.25) is 0 Å². The highest BCUT2D eigenvalue weighted by atomic mass is 32.1. The Morgan fingerprint density at radius 2 is 1.31 bits per heavy atom. The zero-order valence-corrected chi connectivity index (χ0v) is 23.6. The molecular formula is C33H27FN2OS2. The Morgan fingerprint density at radius 3 is 2.00 bits per heavy atom. The van der Waals surface area contributed by atoms with Crippen molar-refractivity contribution in [1.82, 2.24) is 8.75 Å². The molecule has 0 aliphatic rings. The van der Waals surface area contributed by atoms with Crippen LogP contribution in [0, 0.1) is 11.7 Å². The molecule has 6 rings (SSSR count). The second-order valence-electron chi connectivity index (χ2n) is 10.0. The van der Waals surface area contributed by atoms with Gasteiger partial charge in [-0.05, 0) is 64.9 Å². The number of hydrogen-bond donors (Lipinski definition) is 0. The van der Waals surface area contributed by atoms with E-state index in [0.29, 0.717) is 11.5 Å². The Balaban J connectivity index is 1.31. The molecule has 0 bridgehead atoms. The number of benzene rings is 4. The molecule has 39 heavy (non-hydrogen) atoms. The molecule has 6 heteroatoms. The average molecular weight is 551 g/mol. The lowest BCUT2D eigenvalue weighted by molar-refractivity contribution is 0.415. The molecule has 194 valence electrons. The Bertz CT molecular complexity index is 1750. The molecule has 3 nitrogen and oxygen atoms in total. The van der Waals surface area contributed by atoms with Crippen molar-refractivity contribution in [3.8, 4) is 48.9 Å². The first-order valence-electron chi connectivity index (χ1n) is 12.9. The monoisotopic (exact) mass is 550 g/mol. The predicted octanol–water partition coefficient (Wildman–Crippen LogP) is 9.77. The number of hydrogen-bond acceptors (Lipinski definition) is 5. The van der Waals surface area contributed by atoms with Crippen LogP contribution in [0.3, 0.4) is 0 Å². The summed E-state index contributed by atoms with van der Waals surface area (Å²) in [4.78, 5) is 2.33. The first-order chi connectivity index (χ1) is 19.0. The summed E-state index contributed by atoms with van der Waals surface area (Å²) in [5, 5.41) is 0. The van der Waals surface area contributed by atoms with Crippen LogP contribution in [0.15, 0.2) is 91.0 Å². The zero-order valence-electron chi connectivity index (χ0n) is 21.9. The highest BCUT2D eigenvalue weighted by molar-refractivity contribution is 7.19. The summed E-state index contributed by atoms with van der Waals surface area (Å²) in [7, 11) is 1.63. The Kier molecular flexibility index (Phi) is 6.98. The van der Waals surface area contributed by atoms with Crippen LogP contribution in [0.1, 0.15) is 19.4 Å². The van der Waals surface area contributed by atoms with Gasteiger partial charge in [0, 0.05) is 26.4 Å². The molecule has 0 saturated heterocycles. The van der Waals surface area contributed by atoms with Crippen molar-refractivity contribution < 1.29 is 9.13 Å². The first kappa shape index (κ1) is 25.4. The van der Waals surface area contributed by atoms with E-state index >= 15 is 4.39 Å². The van der Waals surface area contributed by atoms with Crippen LogP contribution >= 0.6 is 23.1 Å². The smallest absolute Gasteiger partial charge is 0.131 e. The molecule has 0 radical (unpaired) electrons. The number of nitrogens with zero attached hydrogens (tertiary/aromatic N) is 2. The summed E-state index contributed by atoms with van der Waals surface area (Å²) in [6.45, 7) is 4.48. The maximum atomic E-state index is 15.4. The highest BCUT2D eigenvalue weighted by Crippen LogP contribution is 2.41. The highest BCUT2D eigenvalue weighted by Gasteiger charge is 2.17. The van der Waals surface area contributed by atoms with Gasteiger partial charge in [0.15, 0.2) is 0 Å². The number of thiophene rings is 1. The van der Waals surface area contributed by atoms with Gasteiger partial charge < -0.3 is 4.74 Å². The third-order valence-electron chi connectivity index (χ3n) is 6.85. The van der Waals surface area contributed by atoms with Crippen LogP contribution < -0.4 is 4.74 Å². The van der Waals surface area contributed by atoms with Gasteiger partial charge in [0.05, 0.1) is 18.8 Å². The Labute approximate surface area is 235 Å². The third kappa shape index (κ3) is 5.10. The minimum Gasteiger partial charge on any atom is -0.497 e. The van der Waals surface area contributed by atoms with Gasteiger partial charge in [-0.2, -0.15) is 8.75 Å². The second-order valence-corrected chi connectivity index (χ2v) is 11.6. The molecule has 6 aromatic rings. The van der Waals surface area contributed by atoms with Gasteiger partial charge in [-0.3, -0.25) is 0 Å². The third-order valence-corrected chi connectivity index (χ3v) is 8.55. The molecule has 0 amide bonds. The molecule has 0 aliphatic heterocycles. The van der Waals surface area contributed by atoms with Crippen molar-refractivity contribution in [3.63, 3.8) is 0 Å². The quantitative estimate of drug-likeness (QED) is 0.198. The van der Waals surface area contributed by atoms with E-state index in [0.717, 1.165) is 62.1 Å². The fourth-order valence-corrected chi connectivity index (χ4v) is 6.51. The van der Waals surface area contributed by atoms with E-state index in [1.165, 1.54) is 16.0 Å². The maximum absolute atomic E-state index is 15.4. The van der Waals surface area contributed by atoms with Crippen molar-refractivity contribution in [2.75, 3.05) is 7.11 Å². The number of rotatable bonds is 7. The zero-order chi connectivity index (χ0) is 26.9. The normalized spacial score (nSPS) is 11.4. The van der Waals surface area contributed by atoms with Gasteiger partial charge in [0.2, 0.25) is 0 Å². The molecule has 0 aliphatic carbocycles. The van der Waals surface area contributed by atoms with E-state index in [2.05, 4.69) is 59.0 Å². The van der Waals surface area contributed by atoms with Crippen LogP contribution in [0.4, 0.5) is 4.39 Å². The number of methoxy groups -OCH3 is 1. The first-order valence-corrected chi connectivity index (χ1v) is 14.4. The number of aromatic nitrogens is 2. The number of halogens is 1. The molecule has 2 aromatic heterocycles. The summed E-state index contributed by atoms with van der Waals surface area (Å²) in [6.07, 6.45) is 1.09. The molecule has 2 heterocycles. The fraction of sp³-hybridized carbons (Fsp3) is 0.152. The fourth-order valence-electron chi connectivity index (χ4n) is 4.89. The predicted molar refractivity (Wildman–Crippen MR) is 162 cm³/mol. The summed E-state index contributed by atoms with van der Waals surface area (Å²) < 4.78 is 29.9. The summed E-state index contributed by atoms with van der Waals surface area (Å²) in [5.74, 6) is 1.12. The van der Waals surface area contributed by atoms with Crippen molar-refractivity contribution in [2.24, 2.45) is 5.92 Å². The molecular weight excluding hydrogens is 524 g/mol. The van der Waals surface area contributed by atoms with Crippen molar-refractivity contribution in [2.45, 2.75) is 20.3 Å². The minimum atomic E-state index is -0.287. The molecule has 0 N–H and O–H groups in total. The lowest BCUT2D eigenvalue weighted by Gasteiger charge is -2.09. The van der Waals surface area contributed by atoms with E-state index in [1.807, 2.05) is 48.5 Å². The molecule has 0 spiro atoms. The summed E-state index contributed by atoms with van der Waals surface area (Å²) >= 11 is 2.90. The van der Waals surface area contributed by atoms with Crippen LogP contribution in [-0.4, -0.2) is 15.9 Å². The van der Waals surface area contributed by atoms with E-state index in [-0.39, 0.29) is 5.82 Å². The van der Waals surface area contributed by atoms with E-state index < -0.39 is 0 Å². The Hall–Kier alpha value is -3.87. The van der Waals surface area contributed by atoms with Crippen molar-refractivity contribution in [1.29, 1.82) is 0 Å². The van der Waals surface area contributed by atoms with Gasteiger partial charge in [-0.25, -0.2) is 4.39 Å². The van der Waals surface area contributed by atoms with Crippen LogP contribution in [-0.2, 0) is 6.42 Å². The van der Waals surface area contributed by atoms with Crippen LogP contribution in [0.25, 0.3) is 54.2 Å². The van der Waals surface area contributed by atoms with E-state index in [9.17, 15) is 0 Å². The molecule has 0 atom stereocenters. The van der Waals surface area contributed by atoms with Crippen molar-refractivity contribution >= 4 is 34.1 Å². The van der Waals surface area contributed by atoms with Gasteiger partial charge in [-0.15, -0.1) is 11.3 Å². The van der Waals surface area contributed by atoms with Crippen LogP contribution in [0.5, 0.6) is 5.75 Å². The molecule has 0 saturated carbocycles. The second kappa shape index (κ2) is 10.7. The van der Waals surface area contributed by atoms with Gasteiger partial charge >= 0.3 is 0 Å².